The van der Waals surface area contributed by atoms with E-state index in [1.807, 2.05) is 42.5 Å². The number of carbonyl (C=O) groups excluding carboxylic acids is 1. The van der Waals surface area contributed by atoms with Crippen LogP contribution in [0.4, 0.5) is 0 Å². The molecule has 0 radical (unpaired) electrons. The van der Waals surface area contributed by atoms with Crippen LogP contribution in [0.1, 0.15) is 18.4 Å². The molecule has 1 amide bonds. The summed E-state index contributed by atoms with van der Waals surface area (Å²) in [6.45, 7) is 1.72. The lowest BCUT2D eigenvalue weighted by molar-refractivity contribution is -0.227. The first-order chi connectivity index (χ1) is 13.2. The number of para-hydroxylation sites is 1. The first kappa shape index (κ1) is 17.7. The van der Waals surface area contributed by atoms with Crippen molar-refractivity contribution >= 4 is 5.91 Å². The van der Waals surface area contributed by atoms with E-state index in [4.69, 9.17) is 18.9 Å². The molecule has 0 bridgehead atoms. The summed E-state index contributed by atoms with van der Waals surface area (Å²) in [6, 6.07) is 15.2. The molecule has 2 aliphatic rings. The minimum absolute atomic E-state index is 0.00468. The van der Waals surface area contributed by atoms with E-state index in [0.717, 1.165) is 11.3 Å². The molecule has 0 N–H and O–H groups in total. The van der Waals surface area contributed by atoms with Crippen molar-refractivity contribution in [2.45, 2.75) is 25.2 Å². The molecule has 0 unspecified atom stereocenters. The molecule has 1 saturated heterocycles. The van der Waals surface area contributed by atoms with Gasteiger partial charge in [-0.05, 0) is 18.2 Å². The van der Waals surface area contributed by atoms with Crippen molar-refractivity contribution in [1.82, 2.24) is 4.90 Å². The van der Waals surface area contributed by atoms with Gasteiger partial charge in [0.15, 0.2) is 6.61 Å². The number of piperidine rings is 1. The average molecular weight is 369 g/mol. The van der Waals surface area contributed by atoms with Crippen LogP contribution in [-0.2, 0) is 16.1 Å². The Bertz CT molecular complexity index is 814. The zero-order valence-electron chi connectivity index (χ0n) is 15.3. The smallest absolute Gasteiger partial charge is 0.260 e. The molecule has 2 heterocycles. The Kier molecular flexibility index (Phi) is 4.90. The van der Waals surface area contributed by atoms with Gasteiger partial charge in [0.1, 0.15) is 17.2 Å². The maximum Gasteiger partial charge on any atom is 0.260 e. The van der Waals surface area contributed by atoms with Gasteiger partial charge >= 0.3 is 0 Å². The predicted molar refractivity (Wildman–Crippen MR) is 98.9 cm³/mol. The molecule has 1 spiro atoms. The number of ether oxygens (including phenoxy) is 4. The minimum Gasteiger partial charge on any atom is -0.497 e. The lowest BCUT2D eigenvalue weighted by atomic mass is 10.0. The second kappa shape index (κ2) is 7.48. The molecular weight excluding hydrogens is 346 g/mol. The van der Waals surface area contributed by atoms with Crippen LogP contribution in [0.3, 0.4) is 0 Å². The number of amides is 1. The maximum absolute atomic E-state index is 12.5. The summed E-state index contributed by atoms with van der Waals surface area (Å²) in [7, 11) is 1.60. The van der Waals surface area contributed by atoms with Crippen molar-refractivity contribution in [3.8, 4) is 17.2 Å². The third-order valence-electron chi connectivity index (χ3n) is 5.04. The third-order valence-corrected chi connectivity index (χ3v) is 5.04. The normalized spacial score (nSPS) is 17.7. The Labute approximate surface area is 158 Å². The molecule has 1 fully saturated rings. The number of hydrogen-bond acceptors (Lipinski definition) is 5. The number of fused-ring (bicyclic) bond motifs is 1. The van der Waals surface area contributed by atoms with Crippen LogP contribution in [0.5, 0.6) is 17.2 Å². The van der Waals surface area contributed by atoms with E-state index in [1.165, 1.54) is 0 Å². The number of carbonyl (C=O) groups is 1. The molecule has 27 heavy (non-hydrogen) atoms. The van der Waals surface area contributed by atoms with Crippen LogP contribution < -0.4 is 14.2 Å². The number of methoxy groups -OCH3 is 1. The zero-order chi connectivity index (χ0) is 18.7. The highest BCUT2D eigenvalue weighted by atomic mass is 16.7. The monoisotopic (exact) mass is 369 g/mol. The van der Waals surface area contributed by atoms with Crippen LogP contribution >= 0.6 is 0 Å². The summed E-state index contributed by atoms with van der Waals surface area (Å²) in [5, 5.41) is 0. The third kappa shape index (κ3) is 3.85. The van der Waals surface area contributed by atoms with E-state index in [0.29, 0.717) is 44.0 Å². The van der Waals surface area contributed by atoms with Crippen molar-refractivity contribution in [2.75, 3.05) is 26.8 Å². The molecule has 2 aromatic rings. The summed E-state index contributed by atoms with van der Waals surface area (Å²) in [4.78, 5) is 14.3. The number of benzene rings is 2. The topological polar surface area (TPSA) is 57.2 Å². The van der Waals surface area contributed by atoms with Crippen LogP contribution in [0.2, 0.25) is 0 Å². The van der Waals surface area contributed by atoms with Crippen LogP contribution in [0, 0.1) is 0 Å². The van der Waals surface area contributed by atoms with Crippen LogP contribution in [0.25, 0.3) is 0 Å². The SMILES string of the molecule is COc1cccc(OCC(=O)N2CCC3(CC2)OCc2ccccc2O3)c1. The van der Waals surface area contributed by atoms with Crippen LogP contribution in [0.15, 0.2) is 48.5 Å². The van der Waals surface area contributed by atoms with Crippen LogP contribution in [-0.4, -0.2) is 43.4 Å². The summed E-state index contributed by atoms with van der Waals surface area (Å²) in [5.41, 5.74) is 1.06. The number of likely N-dealkylation sites (tertiary alicyclic amines) is 1. The van der Waals surface area contributed by atoms with E-state index < -0.39 is 5.79 Å². The molecule has 142 valence electrons. The highest BCUT2D eigenvalue weighted by molar-refractivity contribution is 5.77. The van der Waals surface area contributed by atoms with Gasteiger partial charge < -0.3 is 23.8 Å². The maximum atomic E-state index is 12.5. The van der Waals surface area contributed by atoms with E-state index in [2.05, 4.69) is 0 Å². The van der Waals surface area contributed by atoms with Gasteiger partial charge in [-0.1, -0.05) is 24.3 Å². The van der Waals surface area contributed by atoms with Gasteiger partial charge in [-0.15, -0.1) is 0 Å². The molecule has 6 nitrogen and oxygen atoms in total. The van der Waals surface area contributed by atoms with Gasteiger partial charge in [0.2, 0.25) is 5.79 Å². The fourth-order valence-electron chi connectivity index (χ4n) is 3.43. The van der Waals surface area contributed by atoms with Gasteiger partial charge in [-0.2, -0.15) is 0 Å². The average Bonchev–Trinajstić information content (AvgIpc) is 2.72. The second-order valence-electron chi connectivity index (χ2n) is 6.76. The van der Waals surface area contributed by atoms with Crippen molar-refractivity contribution < 1.29 is 23.7 Å². The molecule has 0 aromatic heterocycles. The standard InChI is InChI=1S/C21H23NO5/c1-24-17-6-4-7-18(13-17)25-15-20(23)22-11-9-21(10-12-22)26-14-16-5-2-3-8-19(16)27-21/h2-8,13H,9-12,14-15H2,1H3. The lowest BCUT2D eigenvalue weighted by Crippen LogP contribution is -2.53. The largest absolute Gasteiger partial charge is 0.497 e. The Morgan fingerprint density at radius 2 is 1.89 bits per heavy atom. The summed E-state index contributed by atoms with van der Waals surface area (Å²) in [6.07, 6.45) is 1.29. The van der Waals surface area contributed by atoms with Crippen molar-refractivity contribution in [3.63, 3.8) is 0 Å². The Morgan fingerprint density at radius 3 is 2.70 bits per heavy atom. The molecule has 0 aliphatic carbocycles. The summed E-state index contributed by atoms with van der Waals surface area (Å²) < 4.78 is 22.9. The first-order valence-electron chi connectivity index (χ1n) is 9.13. The quantitative estimate of drug-likeness (QED) is 0.829. The molecule has 2 aliphatic heterocycles. The van der Waals surface area contributed by atoms with E-state index in [-0.39, 0.29) is 12.5 Å². The molecule has 6 heteroatoms. The van der Waals surface area contributed by atoms with E-state index in [9.17, 15) is 4.79 Å². The lowest BCUT2D eigenvalue weighted by Gasteiger charge is -2.43. The second-order valence-corrected chi connectivity index (χ2v) is 6.76. The molecule has 4 rings (SSSR count). The molecule has 0 atom stereocenters. The van der Waals surface area contributed by atoms with Crippen molar-refractivity contribution in [1.29, 1.82) is 0 Å². The molecular formula is C21H23NO5. The zero-order valence-corrected chi connectivity index (χ0v) is 15.3. The molecule has 2 aromatic carbocycles. The highest BCUT2D eigenvalue weighted by Gasteiger charge is 2.41. The van der Waals surface area contributed by atoms with Gasteiger partial charge in [-0.25, -0.2) is 0 Å². The number of nitrogens with zero attached hydrogens (tertiary/aromatic N) is 1. The fourth-order valence-corrected chi connectivity index (χ4v) is 3.43. The van der Waals surface area contributed by atoms with Gasteiger partial charge in [-0.3, -0.25) is 4.79 Å². The minimum atomic E-state index is -0.626. The van der Waals surface area contributed by atoms with E-state index in [1.54, 1.807) is 18.1 Å². The Balaban J connectivity index is 1.31. The highest BCUT2D eigenvalue weighted by Crippen LogP contribution is 2.37. The number of rotatable bonds is 4. The van der Waals surface area contributed by atoms with E-state index >= 15 is 0 Å². The first-order valence-corrected chi connectivity index (χ1v) is 9.13. The molecule has 0 saturated carbocycles. The van der Waals surface area contributed by atoms with Gasteiger partial charge in [0, 0.05) is 37.6 Å². The van der Waals surface area contributed by atoms with Crippen molar-refractivity contribution in [2.24, 2.45) is 0 Å². The summed E-state index contributed by atoms with van der Waals surface area (Å²) >= 11 is 0. The van der Waals surface area contributed by atoms with Crippen molar-refractivity contribution in [3.05, 3.63) is 54.1 Å². The van der Waals surface area contributed by atoms with Gasteiger partial charge in [0.05, 0.1) is 13.7 Å². The predicted octanol–water partition coefficient (Wildman–Crippen LogP) is 3.00. The Hall–Kier alpha value is -2.73. The summed E-state index contributed by atoms with van der Waals surface area (Å²) in [5.74, 6) is 1.53. The fraction of sp³-hybridized carbons (Fsp3) is 0.381. The van der Waals surface area contributed by atoms with Gasteiger partial charge in [0.25, 0.3) is 5.91 Å². The number of hydrogen-bond donors (Lipinski definition) is 0. The Morgan fingerprint density at radius 1 is 1.11 bits per heavy atom.